The minimum Gasteiger partial charge on any atom is -0.496 e. The average molecular weight is 362 g/mol. The van der Waals surface area contributed by atoms with Gasteiger partial charge in [0.25, 0.3) is 0 Å². The van der Waals surface area contributed by atoms with Gasteiger partial charge in [-0.25, -0.2) is 9.97 Å². The van der Waals surface area contributed by atoms with Crippen molar-refractivity contribution in [2.24, 2.45) is 0 Å². The number of anilines is 1. The standard InChI is InChI=1S/C19H24ClN3O2/c1-13-10-14(2)23-18(22-13)21-12-19(6-8-25-9-7-19)16-11-15(20)4-5-17(16)24-3/h4-5,10-11H,6-9,12H2,1-3H3,(H,21,22,23). The number of hydrogen-bond donors (Lipinski definition) is 1. The van der Waals surface area contributed by atoms with Crippen LogP contribution in [-0.2, 0) is 10.2 Å². The summed E-state index contributed by atoms with van der Waals surface area (Å²) in [6.45, 7) is 6.08. The predicted molar refractivity (Wildman–Crippen MR) is 99.7 cm³/mol. The third-order valence-corrected chi connectivity index (χ3v) is 4.99. The number of benzene rings is 1. The minimum absolute atomic E-state index is 0.129. The Morgan fingerprint density at radius 2 is 1.84 bits per heavy atom. The molecule has 5 nitrogen and oxygen atoms in total. The maximum absolute atomic E-state index is 6.28. The highest BCUT2D eigenvalue weighted by Gasteiger charge is 2.37. The number of methoxy groups -OCH3 is 1. The van der Waals surface area contributed by atoms with Crippen molar-refractivity contribution in [2.45, 2.75) is 32.1 Å². The summed E-state index contributed by atoms with van der Waals surface area (Å²) in [6.07, 6.45) is 1.78. The lowest BCUT2D eigenvalue weighted by Gasteiger charge is -2.38. The largest absolute Gasteiger partial charge is 0.496 e. The monoisotopic (exact) mass is 361 g/mol. The molecular weight excluding hydrogens is 338 g/mol. The van der Waals surface area contributed by atoms with Crippen molar-refractivity contribution in [2.75, 3.05) is 32.2 Å². The van der Waals surface area contributed by atoms with Gasteiger partial charge in [-0.15, -0.1) is 0 Å². The van der Waals surface area contributed by atoms with Gasteiger partial charge < -0.3 is 14.8 Å². The summed E-state index contributed by atoms with van der Waals surface area (Å²) >= 11 is 6.28. The topological polar surface area (TPSA) is 56.3 Å². The van der Waals surface area contributed by atoms with Crippen molar-refractivity contribution in [1.29, 1.82) is 0 Å². The van der Waals surface area contributed by atoms with Gasteiger partial charge in [0.2, 0.25) is 5.95 Å². The molecule has 1 aromatic carbocycles. The first-order valence-corrected chi connectivity index (χ1v) is 8.88. The van der Waals surface area contributed by atoms with Crippen molar-refractivity contribution < 1.29 is 9.47 Å². The highest BCUT2D eigenvalue weighted by Crippen LogP contribution is 2.41. The summed E-state index contributed by atoms with van der Waals surface area (Å²) in [5.74, 6) is 1.51. The van der Waals surface area contributed by atoms with Crippen LogP contribution in [0.5, 0.6) is 5.75 Å². The number of aromatic nitrogens is 2. The van der Waals surface area contributed by atoms with Gasteiger partial charge >= 0.3 is 0 Å². The van der Waals surface area contributed by atoms with Gasteiger partial charge in [0, 0.05) is 47.1 Å². The molecule has 0 atom stereocenters. The maximum atomic E-state index is 6.28. The van der Waals surface area contributed by atoms with E-state index in [4.69, 9.17) is 21.1 Å². The number of ether oxygens (including phenoxy) is 2. The number of rotatable bonds is 5. The highest BCUT2D eigenvalue weighted by atomic mass is 35.5. The molecule has 134 valence electrons. The van der Waals surface area contributed by atoms with Crippen molar-refractivity contribution in [3.05, 3.63) is 46.2 Å². The van der Waals surface area contributed by atoms with E-state index in [0.717, 1.165) is 35.5 Å². The van der Waals surface area contributed by atoms with E-state index in [1.807, 2.05) is 38.1 Å². The van der Waals surface area contributed by atoms with Gasteiger partial charge in [-0.1, -0.05) is 11.6 Å². The smallest absolute Gasteiger partial charge is 0.223 e. The van der Waals surface area contributed by atoms with Crippen molar-refractivity contribution >= 4 is 17.5 Å². The molecule has 6 heteroatoms. The van der Waals surface area contributed by atoms with E-state index in [2.05, 4.69) is 15.3 Å². The van der Waals surface area contributed by atoms with Crippen molar-refractivity contribution in [3.8, 4) is 5.75 Å². The first kappa shape index (κ1) is 18.0. The Morgan fingerprint density at radius 1 is 1.16 bits per heavy atom. The second kappa shape index (κ2) is 7.58. The maximum Gasteiger partial charge on any atom is 0.223 e. The Labute approximate surface area is 153 Å². The Bertz CT molecular complexity index is 725. The average Bonchev–Trinajstić information content (AvgIpc) is 2.60. The zero-order chi connectivity index (χ0) is 17.9. The van der Waals surface area contributed by atoms with Crippen molar-refractivity contribution in [3.63, 3.8) is 0 Å². The number of halogens is 1. The molecule has 1 saturated heterocycles. The molecule has 1 fully saturated rings. The number of nitrogens with zero attached hydrogens (tertiary/aromatic N) is 2. The van der Waals surface area contributed by atoms with Crippen LogP contribution in [0.1, 0.15) is 29.8 Å². The first-order valence-electron chi connectivity index (χ1n) is 8.50. The molecule has 3 rings (SSSR count). The van der Waals surface area contributed by atoms with Crippen LogP contribution in [-0.4, -0.2) is 36.8 Å². The molecule has 1 aromatic heterocycles. The Kier molecular flexibility index (Phi) is 5.45. The van der Waals surface area contributed by atoms with Gasteiger partial charge in [0.1, 0.15) is 5.75 Å². The summed E-state index contributed by atoms with van der Waals surface area (Å²) in [5.41, 5.74) is 2.89. The minimum atomic E-state index is -0.129. The van der Waals surface area contributed by atoms with Crippen LogP contribution in [0, 0.1) is 13.8 Å². The Balaban J connectivity index is 1.92. The van der Waals surface area contributed by atoms with E-state index in [-0.39, 0.29) is 5.41 Å². The molecule has 2 aromatic rings. The quantitative estimate of drug-likeness (QED) is 0.874. The normalized spacial score (nSPS) is 16.5. The molecule has 0 unspecified atom stereocenters. The summed E-state index contributed by atoms with van der Waals surface area (Å²) in [5, 5.41) is 4.14. The van der Waals surface area contributed by atoms with Crippen LogP contribution >= 0.6 is 11.6 Å². The van der Waals surface area contributed by atoms with Crippen LogP contribution in [0.15, 0.2) is 24.3 Å². The lowest BCUT2D eigenvalue weighted by molar-refractivity contribution is 0.0535. The van der Waals surface area contributed by atoms with Gasteiger partial charge in [-0.05, 0) is 51.0 Å². The SMILES string of the molecule is COc1ccc(Cl)cc1C1(CNc2nc(C)cc(C)n2)CCOCC1. The lowest BCUT2D eigenvalue weighted by atomic mass is 9.73. The molecule has 0 saturated carbocycles. The van der Waals surface area contributed by atoms with Gasteiger partial charge in [-0.2, -0.15) is 0 Å². The fourth-order valence-electron chi connectivity index (χ4n) is 3.45. The summed E-state index contributed by atoms with van der Waals surface area (Å²) in [7, 11) is 1.69. The van der Waals surface area contributed by atoms with E-state index in [0.29, 0.717) is 30.7 Å². The van der Waals surface area contributed by atoms with Crippen LogP contribution < -0.4 is 10.1 Å². The fourth-order valence-corrected chi connectivity index (χ4v) is 3.62. The molecule has 1 aliphatic heterocycles. The Hall–Kier alpha value is -1.85. The summed E-state index contributed by atoms with van der Waals surface area (Å²) in [6, 6.07) is 7.77. The zero-order valence-electron chi connectivity index (χ0n) is 14.9. The first-order chi connectivity index (χ1) is 12.0. The molecule has 1 aliphatic rings. The Morgan fingerprint density at radius 3 is 2.48 bits per heavy atom. The number of hydrogen-bond acceptors (Lipinski definition) is 5. The van der Waals surface area contributed by atoms with Crippen LogP contribution in [0.4, 0.5) is 5.95 Å². The highest BCUT2D eigenvalue weighted by molar-refractivity contribution is 6.30. The van der Waals surface area contributed by atoms with E-state index in [1.54, 1.807) is 7.11 Å². The fraction of sp³-hybridized carbons (Fsp3) is 0.474. The van der Waals surface area contributed by atoms with E-state index in [9.17, 15) is 0 Å². The molecule has 25 heavy (non-hydrogen) atoms. The van der Waals surface area contributed by atoms with E-state index >= 15 is 0 Å². The van der Waals surface area contributed by atoms with E-state index < -0.39 is 0 Å². The zero-order valence-corrected chi connectivity index (χ0v) is 15.7. The number of nitrogens with one attached hydrogen (secondary N) is 1. The molecule has 0 radical (unpaired) electrons. The number of aryl methyl sites for hydroxylation is 2. The molecule has 0 amide bonds. The predicted octanol–water partition coefficient (Wildman–Crippen LogP) is 3.92. The molecule has 1 N–H and O–H groups in total. The third-order valence-electron chi connectivity index (χ3n) is 4.75. The van der Waals surface area contributed by atoms with Gasteiger partial charge in [0.15, 0.2) is 0 Å². The second-order valence-corrected chi connectivity index (χ2v) is 7.00. The van der Waals surface area contributed by atoms with Crippen LogP contribution in [0.2, 0.25) is 5.02 Å². The van der Waals surface area contributed by atoms with Crippen molar-refractivity contribution in [1.82, 2.24) is 9.97 Å². The molecule has 0 spiro atoms. The second-order valence-electron chi connectivity index (χ2n) is 6.57. The molecule has 0 bridgehead atoms. The summed E-state index contributed by atoms with van der Waals surface area (Å²) in [4.78, 5) is 8.99. The van der Waals surface area contributed by atoms with E-state index in [1.165, 1.54) is 0 Å². The lowest BCUT2D eigenvalue weighted by Crippen LogP contribution is -2.40. The van der Waals surface area contributed by atoms with Crippen LogP contribution in [0.3, 0.4) is 0 Å². The molecule has 2 heterocycles. The molecule has 0 aliphatic carbocycles. The van der Waals surface area contributed by atoms with Gasteiger partial charge in [0.05, 0.1) is 7.11 Å². The third kappa shape index (κ3) is 4.05. The summed E-state index contributed by atoms with van der Waals surface area (Å²) < 4.78 is 11.2. The van der Waals surface area contributed by atoms with Gasteiger partial charge in [-0.3, -0.25) is 0 Å². The molecular formula is C19H24ClN3O2. The van der Waals surface area contributed by atoms with Crippen LogP contribution in [0.25, 0.3) is 0 Å².